The van der Waals surface area contributed by atoms with Crippen molar-refractivity contribution in [2.45, 2.75) is 4.90 Å². The lowest BCUT2D eigenvalue weighted by Gasteiger charge is -1.97. The van der Waals surface area contributed by atoms with Gasteiger partial charge in [-0.2, -0.15) is 8.42 Å². The van der Waals surface area contributed by atoms with Crippen molar-refractivity contribution in [3.05, 3.63) is 27.8 Å². The third kappa shape index (κ3) is 1.90. The van der Waals surface area contributed by atoms with Gasteiger partial charge in [-0.1, -0.05) is 11.6 Å². The molecule has 1 heterocycles. The topological polar surface area (TPSA) is 70.2 Å². The molecule has 0 spiro atoms. The van der Waals surface area contributed by atoms with Crippen molar-refractivity contribution >= 4 is 48.6 Å². The Morgan fingerprint density at radius 1 is 1.40 bits per heavy atom. The van der Waals surface area contributed by atoms with Crippen LogP contribution in [0.1, 0.15) is 0 Å². The summed E-state index contributed by atoms with van der Waals surface area (Å²) in [6, 6.07) is 3.12. The molecule has 0 saturated heterocycles. The quantitative estimate of drug-likeness (QED) is 0.796. The van der Waals surface area contributed by atoms with Gasteiger partial charge in [-0.05, 0) is 28.1 Å². The molecule has 0 unspecified atom stereocenters. The number of hydrogen-bond donors (Lipinski definition) is 2. The molecule has 0 amide bonds. The molecular weight excluding hydrogens is 306 g/mol. The first-order valence-electron chi connectivity index (χ1n) is 3.83. The Hall–Kier alpha value is -0.560. The Labute approximate surface area is 99.1 Å². The number of halogens is 2. The van der Waals surface area contributed by atoms with Crippen LogP contribution in [0, 0.1) is 0 Å². The molecular formula is C8H5BrClNO3S. The molecule has 0 saturated carbocycles. The SMILES string of the molecule is O=S(=O)(O)c1c[nH]c2cc(Cl)c(Br)cc12. The lowest BCUT2D eigenvalue weighted by Crippen LogP contribution is -1.96. The molecule has 0 fully saturated rings. The van der Waals surface area contributed by atoms with Crippen LogP contribution in [0.5, 0.6) is 0 Å². The zero-order valence-corrected chi connectivity index (χ0v) is 10.3. The molecule has 2 N–H and O–H groups in total. The van der Waals surface area contributed by atoms with Gasteiger partial charge < -0.3 is 4.98 Å². The first-order valence-corrected chi connectivity index (χ1v) is 6.44. The number of hydrogen-bond acceptors (Lipinski definition) is 2. The van der Waals surface area contributed by atoms with Gasteiger partial charge in [0.05, 0.1) is 5.02 Å². The predicted molar refractivity (Wildman–Crippen MR) is 60.8 cm³/mol. The molecule has 7 heteroatoms. The fraction of sp³-hybridized carbons (Fsp3) is 0. The molecule has 2 aromatic rings. The second-order valence-corrected chi connectivity index (χ2v) is 5.59. The summed E-state index contributed by atoms with van der Waals surface area (Å²) >= 11 is 9.01. The molecule has 1 aromatic heterocycles. The molecule has 0 bridgehead atoms. The molecule has 15 heavy (non-hydrogen) atoms. The monoisotopic (exact) mass is 309 g/mol. The van der Waals surface area contributed by atoms with Crippen LogP contribution in [0.3, 0.4) is 0 Å². The molecule has 0 aliphatic heterocycles. The second kappa shape index (κ2) is 3.48. The highest BCUT2D eigenvalue weighted by molar-refractivity contribution is 9.10. The van der Waals surface area contributed by atoms with Gasteiger partial charge in [0, 0.05) is 21.6 Å². The van der Waals surface area contributed by atoms with E-state index in [1.54, 1.807) is 6.07 Å². The predicted octanol–water partition coefficient (Wildman–Crippen LogP) is 2.83. The van der Waals surface area contributed by atoms with Gasteiger partial charge in [-0.25, -0.2) is 0 Å². The number of aromatic nitrogens is 1. The van der Waals surface area contributed by atoms with Crippen molar-refractivity contribution in [3.63, 3.8) is 0 Å². The molecule has 0 aliphatic carbocycles. The first-order chi connectivity index (χ1) is 6.89. The van der Waals surface area contributed by atoms with Crippen LogP contribution in [0.2, 0.25) is 5.02 Å². The Morgan fingerprint density at radius 2 is 2.07 bits per heavy atom. The summed E-state index contributed by atoms with van der Waals surface area (Å²) in [5, 5.41) is 0.861. The van der Waals surface area contributed by atoms with Crippen molar-refractivity contribution in [1.29, 1.82) is 0 Å². The van der Waals surface area contributed by atoms with Crippen LogP contribution in [0.4, 0.5) is 0 Å². The highest BCUT2D eigenvalue weighted by Gasteiger charge is 2.16. The van der Waals surface area contributed by atoms with E-state index in [0.29, 0.717) is 20.4 Å². The average molecular weight is 311 g/mol. The maximum absolute atomic E-state index is 11.0. The average Bonchev–Trinajstić information content (AvgIpc) is 2.47. The number of rotatable bonds is 1. The van der Waals surface area contributed by atoms with Gasteiger partial charge in [0.25, 0.3) is 10.1 Å². The van der Waals surface area contributed by atoms with E-state index in [0.717, 1.165) is 0 Å². The molecule has 0 aliphatic rings. The summed E-state index contributed by atoms with van der Waals surface area (Å²) in [5.41, 5.74) is 0.552. The zero-order valence-electron chi connectivity index (χ0n) is 7.16. The fourth-order valence-corrected chi connectivity index (χ4v) is 2.47. The van der Waals surface area contributed by atoms with Gasteiger partial charge in [-0.15, -0.1) is 0 Å². The van der Waals surface area contributed by atoms with Crippen molar-refractivity contribution < 1.29 is 13.0 Å². The van der Waals surface area contributed by atoms with Gasteiger partial charge in [0.15, 0.2) is 0 Å². The van der Waals surface area contributed by atoms with Crippen LogP contribution >= 0.6 is 27.5 Å². The van der Waals surface area contributed by atoms with E-state index in [1.165, 1.54) is 12.3 Å². The Bertz CT molecular complexity index is 635. The highest BCUT2D eigenvalue weighted by atomic mass is 79.9. The van der Waals surface area contributed by atoms with E-state index >= 15 is 0 Å². The summed E-state index contributed by atoms with van der Waals surface area (Å²) < 4.78 is 31.5. The summed E-state index contributed by atoms with van der Waals surface area (Å²) in [7, 11) is -4.21. The van der Waals surface area contributed by atoms with Crippen LogP contribution in [-0.4, -0.2) is 18.0 Å². The summed E-state index contributed by atoms with van der Waals surface area (Å²) in [6.45, 7) is 0. The second-order valence-electron chi connectivity index (χ2n) is 2.94. The van der Waals surface area contributed by atoms with Gasteiger partial charge in [0.2, 0.25) is 0 Å². The third-order valence-corrected chi connectivity index (χ3v) is 4.05. The van der Waals surface area contributed by atoms with Gasteiger partial charge >= 0.3 is 0 Å². The third-order valence-electron chi connectivity index (χ3n) is 1.96. The highest BCUT2D eigenvalue weighted by Crippen LogP contribution is 2.31. The Morgan fingerprint density at radius 3 is 2.67 bits per heavy atom. The normalized spacial score (nSPS) is 12.2. The summed E-state index contributed by atoms with van der Waals surface area (Å²) in [5.74, 6) is 0. The Kier molecular flexibility index (Phi) is 2.54. The zero-order chi connectivity index (χ0) is 11.2. The van der Waals surface area contributed by atoms with Crippen LogP contribution in [0.25, 0.3) is 10.9 Å². The van der Waals surface area contributed by atoms with Crippen LogP contribution in [-0.2, 0) is 10.1 Å². The minimum atomic E-state index is -4.21. The molecule has 2 rings (SSSR count). The standard InChI is InChI=1S/C8H5BrClNO3S/c9-5-1-4-7(2-6(5)10)11-3-8(4)15(12,13)14/h1-3,11H,(H,12,13,14). The number of fused-ring (bicyclic) bond motifs is 1. The van der Waals surface area contributed by atoms with Crippen molar-refractivity contribution in [3.8, 4) is 0 Å². The summed E-state index contributed by atoms with van der Waals surface area (Å²) in [6.07, 6.45) is 1.22. The lowest BCUT2D eigenvalue weighted by molar-refractivity contribution is 0.484. The molecule has 0 atom stereocenters. The van der Waals surface area contributed by atoms with E-state index in [4.69, 9.17) is 16.2 Å². The van der Waals surface area contributed by atoms with Gasteiger partial charge in [-0.3, -0.25) is 4.55 Å². The van der Waals surface area contributed by atoms with Gasteiger partial charge in [0.1, 0.15) is 4.90 Å². The minimum absolute atomic E-state index is 0.158. The van der Waals surface area contributed by atoms with Crippen LogP contribution in [0.15, 0.2) is 27.7 Å². The summed E-state index contributed by atoms with van der Waals surface area (Å²) in [4.78, 5) is 2.56. The Balaban J connectivity index is 2.87. The van der Waals surface area contributed by atoms with Crippen molar-refractivity contribution in [2.24, 2.45) is 0 Å². The first kappa shape index (κ1) is 10.9. The molecule has 80 valence electrons. The minimum Gasteiger partial charge on any atom is -0.360 e. The van der Waals surface area contributed by atoms with E-state index in [2.05, 4.69) is 20.9 Å². The number of benzene rings is 1. The van der Waals surface area contributed by atoms with Crippen molar-refractivity contribution in [2.75, 3.05) is 0 Å². The number of aromatic amines is 1. The maximum Gasteiger partial charge on any atom is 0.296 e. The van der Waals surface area contributed by atoms with E-state index in [-0.39, 0.29) is 4.90 Å². The molecule has 0 radical (unpaired) electrons. The lowest BCUT2D eigenvalue weighted by atomic mass is 10.2. The number of nitrogens with one attached hydrogen (secondary N) is 1. The van der Waals surface area contributed by atoms with Crippen LogP contribution < -0.4 is 0 Å². The fourth-order valence-electron chi connectivity index (χ4n) is 1.30. The van der Waals surface area contributed by atoms with E-state index in [9.17, 15) is 8.42 Å². The van der Waals surface area contributed by atoms with E-state index < -0.39 is 10.1 Å². The molecule has 1 aromatic carbocycles. The molecule has 4 nitrogen and oxygen atoms in total. The van der Waals surface area contributed by atoms with Crippen molar-refractivity contribution in [1.82, 2.24) is 4.98 Å². The smallest absolute Gasteiger partial charge is 0.296 e. The number of H-pyrrole nitrogens is 1. The largest absolute Gasteiger partial charge is 0.360 e. The maximum atomic E-state index is 11.0. The van der Waals surface area contributed by atoms with E-state index in [1.807, 2.05) is 0 Å².